The van der Waals surface area contributed by atoms with Crippen molar-refractivity contribution in [3.05, 3.63) is 90.0 Å². The highest BCUT2D eigenvalue weighted by molar-refractivity contribution is 5.88. The average molecular weight is 389 g/mol. The lowest BCUT2D eigenvalue weighted by molar-refractivity contribution is 0.0696. The van der Waals surface area contributed by atoms with Crippen molar-refractivity contribution in [1.82, 2.24) is 0 Å². The Balaban J connectivity index is 1.70. The molecule has 0 aromatic heterocycles. The number of carboxylic acids is 1. The van der Waals surface area contributed by atoms with Gasteiger partial charge in [-0.15, -0.1) is 0 Å². The normalized spacial score (nSPS) is 11.9. The molecule has 29 heavy (non-hydrogen) atoms. The van der Waals surface area contributed by atoms with Gasteiger partial charge in [-0.05, 0) is 66.6 Å². The quantitative estimate of drug-likeness (QED) is 0.497. The standard InChI is InChI=1S/C26H28O3/c1-25(2,22-8-6-5-7-9-22)18-26(3,4)29-23-16-14-20(15-17-23)19-10-12-21(13-11-19)24(27)28/h5-17H,18H2,1-4H3,(H,27,28). The third-order valence-corrected chi connectivity index (χ3v) is 5.14. The van der Waals surface area contributed by atoms with Crippen LogP contribution in [0, 0.1) is 0 Å². The second kappa shape index (κ2) is 8.12. The summed E-state index contributed by atoms with van der Waals surface area (Å²) >= 11 is 0. The van der Waals surface area contributed by atoms with E-state index in [2.05, 4.69) is 52.0 Å². The minimum Gasteiger partial charge on any atom is -0.488 e. The second-order valence-electron chi connectivity index (χ2n) is 8.70. The number of aromatic carboxylic acids is 1. The first-order valence-corrected chi connectivity index (χ1v) is 9.85. The van der Waals surface area contributed by atoms with Crippen LogP contribution in [-0.4, -0.2) is 16.7 Å². The summed E-state index contributed by atoms with van der Waals surface area (Å²) in [6.07, 6.45) is 0.877. The van der Waals surface area contributed by atoms with Crippen LogP contribution in [0.15, 0.2) is 78.9 Å². The molecule has 3 rings (SSSR count). The van der Waals surface area contributed by atoms with Crippen molar-refractivity contribution < 1.29 is 14.6 Å². The van der Waals surface area contributed by atoms with Crippen LogP contribution in [0.2, 0.25) is 0 Å². The molecule has 0 saturated carbocycles. The molecule has 0 spiro atoms. The van der Waals surface area contributed by atoms with Gasteiger partial charge < -0.3 is 9.84 Å². The number of rotatable bonds is 7. The Bertz CT molecular complexity index is 953. The van der Waals surface area contributed by atoms with Crippen LogP contribution in [-0.2, 0) is 5.41 Å². The molecular weight excluding hydrogens is 360 g/mol. The molecule has 150 valence electrons. The fraction of sp³-hybridized carbons (Fsp3) is 0.269. The van der Waals surface area contributed by atoms with Gasteiger partial charge in [-0.25, -0.2) is 4.79 Å². The lowest BCUT2D eigenvalue weighted by Gasteiger charge is -2.36. The summed E-state index contributed by atoms with van der Waals surface area (Å²) in [6.45, 7) is 8.74. The van der Waals surface area contributed by atoms with Crippen molar-refractivity contribution in [3.63, 3.8) is 0 Å². The largest absolute Gasteiger partial charge is 0.488 e. The third-order valence-electron chi connectivity index (χ3n) is 5.14. The summed E-state index contributed by atoms with van der Waals surface area (Å²) < 4.78 is 6.32. The van der Waals surface area contributed by atoms with Crippen molar-refractivity contribution in [1.29, 1.82) is 0 Å². The van der Waals surface area contributed by atoms with Gasteiger partial charge in [0.05, 0.1) is 5.56 Å². The van der Waals surface area contributed by atoms with Gasteiger partial charge in [-0.1, -0.05) is 68.4 Å². The van der Waals surface area contributed by atoms with Crippen molar-refractivity contribution in [2.45, 2.75) is 45.1 Å². The molecule has 0 atom stereocenters. The van der Waals surface area contributed by atoms with Gasteiger partial charge in [0.2, 0.25) is 0 Å². The molecule has 3 aromatic rings. The summed E-state index contributed by atoms with van der Waals surface area (Å²) in [5, 5.41) is 9.03. The van der Waals surface area contributed by atoms with Crippen molar-refractivity contribution >= 4 is 5.97 Å². The molecular formula is C26H28O3. The maximum absolute atomic E-state index is 11.0. The van der Waals surface area contributed by atoms with E-state index >= 15 is 0 Å². The summed E-state index contributed by atoms with van der Waals surface area (Å²) in [4.78, 5) is 11.0. The Kier molecular flexibility index (Phi) is 5.78. The van der Waals surface area contributed by atoms with Crippen LogP contribution in [0.4, 0.5) is 0 Å². The van der Waals surface area contributed by atoms with Crippen molar-refractivity contribution in [2.24, 2.45) is 0 Å². The first kappa shape index (κ1) is 20.7. The highest BCUT2D eigenvalue weighted by Gasteiger charge is 2.31. The molecule has 0 heterocycles. The summed E-state index contributed by atoms with van der Waals surface area (Å²) in [5.74, 6) is -0.0919. The lowest BCUT2D eigenvalue weighted by atomic mass is 9.76. The smallest absolute Gasteiger partial charge is 0.335 e. The van der Waals surface area contributed by atoms with Gasteiger partial charge in [-0.2, -0.15) is 0 Å². The van der Waals surface area contributed by atoms with Gasteiger partial charge in [0.15, 0.2) is 0 Å². The molecule has 0 aliphatic rings. The average Bonchev–Trinajstić information content (AvgIpc) is 2.68. The minimum atomic E-state index is -0.916. The van der Waals surface area contributed by atoms with Gasteiger partial charge in [0.1, 0.15) is 11.4 Å². The SMILES string of the molecule is CC(C)(CC(C)(C)c1ccccc1)Oc1ccc(-c2ccc(C(=O)O)cc2)cc1. The zero-order valence-electron chi connectivity index (χ0n) is 17.5. The number of carboxylic acid groups (broad SMARTS) is 1. The summed E-state index contributed by atoms with van der Waals surface area (Å²) in [7, 11) is 0. The highest BCUT2D eigenvalue weighted by Crippen LogP contribution is 2.35. The molecule has 0 unspecified atom stereocenters. The Morgan fingerprint density at radius 3 is 1.83 bits per heavy atom. The zero-order chi connectivity index (χ0) is 21.1. The molecule has 0 bridgehead atoms. The Labute approximate surface area is 173 Å². The van der Waals surface area contributed by atoms with E-state index in [-0.39, 0.29) is 16.6 Å². The topological polar surface area (TPSA) is 46.5 Å². The monoisotopic (exact) mass is 388 g/mol. The molecule has 1 N–H and O–H groups in total. The van der Waals surface area contributed by atoms with Crippen molar-refractivity contribution in [3.8, 4) is 16.9 Å². The predicted octanol–water partition coefficient (Wildman–Crippen LogP) is 6.58. The number of ether oxygens (including phenoxy) is 1. The zero-order valence-corrected chi connectivity index (χ0v) is 17.5. The molecule has 0 fully saturated rings. The van der Waals surface area contributed by atoms with E-state index in [1.165, 1.54) is 5.56 Å². The first-order valence-electron chi connectivity index (χ1n) is 9.85. The van der Waals surface area contributed by atoms with Gasteiger partial charge >= 0.3 is 5.97 Å². The second-order valence-corrected chi connectivity index (χ2v) is 8.70. The van der Waals surface area contributed by atoms with Crippen LogP contribution in [0.1, 0.15) is 50.0 Å². The van der Waals surface area contributed by atoms with E-state index in [1.807, 2.05) is 42.5 Å². The molecule has 3 aromatic carbocycles. The molecule has 3 nitrogen and oxygen atoms in total. The predicted molar refractivity (Wildman–Crippen MR) is 118 cm³/mol. The van der Waals surface area contributed by atoms with Crippen molar-refractivity contribution in [2.75, 3.05) is 0 Å². The highest BCUT2D eigenvalue weighted by atomic mass is 16.5. The number of hydrogen-bond acceptors (Lipinski definition) is 2. The van der Waals surface area contributed by atoms with Gasteiger partial charge in [-0.3, -0.25) is 0 Å². The number of benzene rings is 3. The maximum atomic E-state index is 11.0. The Morgan fingerprint density at radius 2 is 1.31 bits per heavy atom. The van der Waals surface area contributed by atoms with E-state index in [0.29, 0.717) is 0 Å². The molecule has 3 heteroatoms. The van der Waals surface area contributed by atoms with E-state index < -0.39 is 5.97 Å². The van der Waals surface area contributed by atoms with E-state index in [4.69, 9.17) is 9.84 Å². The molecule has 0 radical (unpaired) electrons. The van der Waals surface area contributed by atoms with Crippen LogP contribution < -0.4 is 4.74 Å². The van der Waals surface area contributed by atoms with Crippen LogP contribution in [0.25, 0.3) is 11.1 Å². The number of carbonyl (C=O) groups is 1. The van der Waals surface area contributed by atoms with Crippen LogP contribution in [0.5, 0.6) is 5.75 Å². The molecule has 0 aliphatic carbocycles. The van der Waals surface area contributed by atoms with Crippen LogP contribution >= 0.6 is 0 Å². The minimum absolute atomic E-state index is 0.00339. The molecule has 0 aliphatic heterocycles. The fourth-order valence-electron chi connectivity index (χ4n) is 3.93. The number of hydrogen-bond donors (Lipinski definition) is 1. The first-order chi connectivity index (χ1) is 13.7. The summed E-state index contributed by atoms with van der Waals surface area (Å²) in [6, 6.07) is 25.4. The lowest BCUT2D eigenvalue weighted by Crippen LogP contribution is -2.36. The maximum Gasteiger partial charge on any atom is 0.335 e. The summed E-state index contributed by atoms with van der Waals surface area (Å²) in [5.41, 5.74) is 3.26. The van der Waals surface area contributed by atoms with Crippen LogP contribution in [0.3, 0.4) is 0 Å². The molecule has 0 amide bonds. The Morgan fingerprint density at radius 1 is 0.793 bits per heavy atom. The van der Waals surface area contributed by atoms with E-state index in [1.54, 1.807) is 12.1 Å². The molecule has 0 saturated heterocycles. The van der Waals surface area contributed by atoms with Gasteiger partial charge in [0, 0.05) is 0 Å². The Hall–Kier alpha value is -3.07. The van der Waals surface area contributed by atoms with E-state index in [9.17, 15) is 4.79 Å². The third kappa shape index (κ3) is 5.26. The van der Waals surface area contributed by atoms with E-state index in [0.717, 1.165) is 23.3 Å². The van der Waals surface area contributed by atoms with Gasteiger partial charge in [0.25, 0.3) is 0 Å². The fourth-order valence-corrected chi connectivity index (χ4v) is 3.93.